The van der Waals surface area contributed by atoms with E-state index < -0.39 is 24.0 Å². The first-order valence-electron chi connectivity index (χ1n) is 14.0. The van der Waals surface area contributed by atoms with Crippen LogP contribution in [0, 0.1) is 13.8 Å². The van der Waals surface area contributed by atoms with Gasteiger partial charge in [-0.15, -0.1) is 0 Å². The molecule has 2 amide bonds. The number of rotatable bonds is 2. The summed E-state index contributed by atoms with van der Waals surface area (Å²) < 4.78 is 15.5. The number of amides is 2. The molecule has 2 N–H and O–H groups in total. The maximum atomic E-state index is 12.8. The second-order valence-corrected chi connectivity index (χ2v) is 12.1. The van der Waals surface area contributed by atoms with Crippen LogP contribution in [0.3, 0.4) is 0 Å². The molecule has 0 unspecified atom stereocenters. The predicted molar refractivity (Wildman–Crippen MR) is 151 cm³/mol. The van der Waals surface area contributed by atoms with Crippen molar-refractivity contribution in [2.24, 2.45) is 0 Å². The third kappa shape index (κ3) is 9.65. The van der Waals surface area contributed by atoms with E-state index in [4.69, 9.17) is 9.47 Å². The number of hydrogen-bond acceptors (Lipinski definition) is 8. The van der Waals surface area contributed by atoms with Crippen LogP contribution < -0.4 is 19.8 Å². The van der Waals surface area contributed by atoms with Gasteiger partial charge in [0.1, 0.15) is 25.2 Å². The number of fused-ring (bicyclic) bond motifs is 4. The molecule has 1 aliphatic rings. The maximum absolute atomic E-state index is 12.8. The number of carbonyl (C=O) groups excluding carboxylic acids is 4. The second kappa shape index (κ2) is 15.8. The third-order valence-corrected chi connectivity index (χ3v) is 9.36. The Morgan fingerprint density at radius 1 is 0.750 bits per heavy atom. The van der Waals surface area contributed by atoms with Gasteiger partial charge in [0.2, 0.25) is 22.8 Å². The molecule has 0 aromatic carbocycles. The van der Waals surface area contributed by atoms with E-state index in [1.54, 1.807) is 22.7 Å². The lowest BCUT2D eigenvalue weighted by atomic mass is 10.1. The van der Waals surface area contributed by atoms with Crippen molar-refractivity contribution in [3.8, 4) is 0 Å². The molecule has 12 heteroatoms. The number of ether oxygens (including phenoxy) is 2. The Morgan fingerprint density at radius 2 is 1.15 bits per heavy atom. The maximum Gasteiger partial charge on any atom is 0.328 e. The summed E-state index contributed by atoms with van der Waals surface area (Å²) in [4.78, 5) is 51.3. The summed E-state index contributed by atoms with van der Waals surface area (Å²) >= 11 is 3.24. The van der Waals surface area contributed by atoms with Gasteiger partial charge in [-0.3, -0.25) is 9.59 Å². The van der Waals surface area contributed by atoms with Crippen molar-refractivity contribution in [1.82, 2.24) is 10.6 Å². The van der Waals surface area contributed by atoms with Crippen molar-refractivity contribution in [2.75, 3.05) is 13.2 Å². The van der Waals surface area contributed by atoms with Gasteiger partial charge >= 0.3 is 11.9 Å². The van der Waals surface area contributed by atoms with Crippen LogP contribution >= 0.6 is 22.7 Å². The van der Waals surface area contributed by atoms with Gasteiger partial charge in [0.05, 0.1) is 23.0 Å². The largest absolute Gasteiger partial charge is 0.464 e. The van der Waals surface area contributed by atoms with Crippen LogP contribution in [0.25, 0.3) is 0 Å². The summed E-state index contributed by atoms with van der Waals surface area (Å²) in [6, 6.07) is -1.31. The molecule has 2 atom stereocenters. The summed E-state index contributed by atoms with van der Waals surface area (Å²) in [6.45, 7) is 9.00. The number of thiazole rings is 2. The number of carbonyl (C=O) groups is 4. The van der Waals surface area contributed by atoms with E-state index in [2.05, 4.69) is 30.8 Å². The molecule has 0 radical (unpaired) electrons. The summed E-state index contributed by atoms with van der Waals surface area (Å²) in [7, 11) is 0. The molecule has 0 spiro atoms. The summed E-state index contributed by atoms with van der Waals surface area (Å²) in [5, 5.41) is 5.50. The SMILES string of the molecule is CC(=O)N[C@@H]1CCCC[n+]2csc(c2C)CCOC(=O)[C@H](NC(C)=O)CCCC[n+]2csc(c2C)CCOC1=O. The topological polar surface area (TPSA) is 119 Å². The van der Waals surface area contributed by atoms with Crippen molar-refractivity contribution in [3.05, 3.63) is 32.2 Å². The van der Waals surface area contributed by atoms with E-state index in [0.29, 0.717) is 25.7 Å². The first kappa shape index (κ1) is 31.7. The quantitative estimate of drug-likeness (QED) is 0.407. The van der Waals surface area contributed by atoms with Gasteiger partial charge in [-0.2, -0.15) is 9.13 Å². The molecule has 2 aromatic rings. The lowest BCUT2D eigenvalue weighted by Crippen LogP contribution is -2.41. The third-order valence-electron chi connectivity index (χ3n) is 7.07. The normalized spacial score (nSPS) is 20.5. The molecular weight excluding hydrogens is 552 g/mol. The monoisotopic (exact) mass is 594 g/mol. The van der Waals surface area contributed by atoms with Gasteiger partial charge in [-0.25, -0.2) is 9.59 Å². The summed E-state index contributed by atoms with van der Waals surface area (Å²) in [6.07, 6.45) is 5.42. The van der Waals surface area contributed by atoms with E-state index >= 15 is 0 Å². The second-order valence-electron chi connectivity index (χ2n) is 10.2. The highest BCUT2D eigenvalue weighted by Gasteiger charge is 2.24. The van der Waals surface area contributed by atoms with Crippen LogP contribution in [-0.4, -0.2) is 49.1 Å². The van der Waals surface area contributed by atoms with E-state index in [9.17, 15) is 19.2 Å². The fourth-order valence-electron chi connectivity index (χ4n) is 4.76. The Kier molecular flexibility index (Phi) is 12.5. The lowest BCUT2D eigenvalue weighted by molar-refractivity contribution is -0.698. The lowest BCUT2D eigenvalue weighted by Gasteiger charge is -2.16. The van der Waals surface area contributed by atoms with Gasteiger partial charge in [0, 0.05) is 53.4 Å². The Morgan fingerprint density at radius 3 is 1.52 bits per heavy atom. The van der Waals surface area contributed by atoms with Gasteiger partial charge < -0.3 is 20.1 Å². The minimum Gasteiger partial charge on any atom is -0.464 e. The first-order valence-corrected chi connectivity index (χ1v) is 15.7. The number of aryl methyl sites for hydroxylation is 2. The molecule has 40 heavy (non-hydrogen) atoms. The van der Waals surface area contributed by atoms with Gasteiger partial charge in [-0.05, 0) is 25.7 Å². The van der Waals surface area contributed by atoms with Crippen LogP contribution in [0.5, 0.6) is 0 Å². The average molecular weight is 595 g/mol. The molecule has 10 nitrogen and oxygen atoms in total. The predicted octanol–water partition coefficient (Wildman–Crippen LogP) is 2.24. The van der Waals surface area contributed by atoms with Crippen molar-refractivity contribution in [3.63, 3.8) is 0 Å². The molecule has 3 rings (SSSR count). The average Bonchev–Trinajstić information content (AvgIpc) is 3.43. The van der Waals surface area contributed by atoms with Crippen LogP contribution in [0.2, 0.25) is 0 Å². The van der Waals surface area contributed by atoms with Crippen LogP contribution in [0.1, 0.15) is 73.5 Å². The zero-order valence-corrected chi connectivity index (χ0v) is 25.6. The van der Waals surface area contributed by atoms with E-state index in [1.165, 1.54) is 13.8 Å². The number of nitrogens with one attached hydrogen (secondary N) is 2. The Labute approximate surface area is 244 Å². The van der Waals surface area contributed by atoms with Crippen molar-refractivity contribution < 1.29 is 37.8 Å². The first-order chi connectivity index (χ1) is 19.2. The smallest absolute Gasteiger partial charge is 0.328 e. The van der Waals surface area contributed by atoms with Gasteiger partial charge in [0.15, 0.2) is 11.4 Å². The van der Waals surface area contributed by atoms with E-state index in [-0.39, 0.29) is 25.0 Å². The Bertz CT molecular complexity index is 1090. The summed E-state index contributed by atoms with van der Waals surface area (Å²) in [5.74, 6) is -1.28. The highest BCUT2D eigenvalue weighted by Crippen LogP contribution is 2.15. The van der Waals surface area contributed by atoms with Crippen LogP contribution in [-0.2, 0) is 54.6 Å². The van der Waals surface area contributed by atoms with Crippen molar-refractivity contribution in [2.45, 2.75) is 104 Å². The zero-order chi connectivity index (χ0) is 29.1. The van der Waals surface area contributed by atoms with Crippen LogP contribution in [0.15, 0.2) is 11.0 Å². The fourth-order valence-corrected chi connectivity index (χ4v) is 6.78. The minimum absolute atomic E-state index is 0.248. The number of hydrogen-bond donors (Lipinski definition) is 2. The number of esters is 2. The minimum atomic E-state index is -0.655. The fraction of sp³-hybridized carbons (Fsp3) is 0.643. The standard InChI is InChI=1S/C28H40N4O6S2/c1-19-25-11-15-37-27(35)24(30-22(4)34)10-6-8-14-32-18-40-26(20(32)2)12-16-38-28(36)23(29-21(3)33)9-5-7-13-31(19)17-39-25/h17-18,23-24H,5-16H2,1-4H3/p+2/t23-,24-/m1/s1. The number of cyclic esters (lactones) is 2. The number of nitrogens with zero attached hydrogens (tertiary/aromatic N) is 2. The highest BCUT2D eigenvalue weighted by molar-refractivity contribution is 7.09. The van der Waals surface area contributed by atoms with E-state index in [1.807, 2.05) is 13.8 Å². The molecule has 0 fully saturated rings. The van der Waals surface area contributed by atoms with Crippen molar-refractivity contribution >= 4 is 46.4 Å². The number of aromatic nitrogens is 2. The Balaban J connectivity index is 1.70. The van der Waals surface area contributed by atoms with Crippen LogP contribution in [0.4, 0.5) is 0 Å². The summed E-state index contributed by atoms with van der Waals surface area (Å²) in [5.41, 5.74) is 6.36. The van der Waals surface area contributed by atoms with E-state index in [0.717, 1.165) is 59.9 Å². The molecule has 3 heterocycles. The molecule has 0 saturated carbocycles. The van der Waals surface area contributed by atoms with Crippen molar-refractivity contribution in [1.29, 1.82) is 0 Å². The molecule has 0 saturated heterocycles. The zero-order valence-electron chi connectivity index (χ0n) is 24.0. The molecule has 0 aliphatic carbocycles. The van der Waals surface area contributed by atoms with Gasteiger partial charge in [0.25, 0.3) is 0 Å². The molecule has 1 aliphatic heterocycles. The molecule has 2 aromatic heterocycles. The molecular formula is C28H42N4O6S2+2. The Hall–Kier alpha value is -2.86. The molecule has 220 valence electrons. The van der Waals surface area contributed by atoms with Gasteiger partial charge in [-0.1, -0.05) is 22.7 Å². The highest BCUT2D eigenvalue weighted by atomic mass is 32.1. The molecule has 4 bridgehead atoms.